The predicted molar refractivity (Wildman–Crippen MR) is 88.5 cm³/mol. The largest absolute Gasteiger partial charge is 0.493 e. The summed E-state index contributed by atoms with van der Waals surface area (Å²) in [7, 11) is 3.18. The molecule has 1 aromatic rings. The lowest BCUT2D eigenvalue weighted by Crippen LogP contribution is -2.49. The molecule has 3 rings (SSSR count). The van der Waals surface area contributed by atoms with Crippen LogP contribution in [0.2, 0.25) is 0 Å². The highest BCUT2D eigenvalue weighted by atomic mass is 16.6. The van der Waals surface area contributed by atoms with E-state index in [1.807, 2.05) is 18.2 Å². The van der Waals surface area contributed by atoms with Crippen molar-refractivity contribution in [2.45, 2.75) is 43.9 Å². The molecule has 3 unspecified atom stereocenters. The van der Waals surface area contributed by atoms with Gasteiger partial charge in [0.25, 0.3) is 0 Å². The monoisotopic (exact) mass is 335 g/mol. The van der Waals surface area contributed by atoms with Gasteiger partial charge < -0.3 is 24.3 Å². The van der Waals surface area contributed by atoms with Crippen LogP contribution in [0.1, 0.15) is 24.8 Å². The Balaban J connectivity index is 1.54. The molecule has 2 fully saturated rings. The number of amides is 1. The minimum atomic E-state index is 0.0161. The highest BCUT2D eigenvalue weighted by Crippen LogP contribution is 2.28. The molecule has 0 bridgehead atoms. The minimum absolute atomic E-state index is 0.0161. The summed E-state index contributed by atoms with van der Waals surface area (Å²) >= 11 is 0. The highest BCUT2D eigenvalue weighted by molar-refractivity contribution is 5.79. The Labute approximate surface area is 142 Å². The van der Waals surface area contributed by atoms with Gasteiger partial charge in [0.15, 0.2) is 11.5 Å². The van der Waals surface area contributed by atoms with Crippen molar-refractivity contribution in [1.82, 2.24) is 5.32 Å². The van der Waals surface area contributed by atoms with E-state index in [4.69, 9.17) is 18.9 Å². The average Bonchev–Trinajstić information content (AvgIpc) is 2.61. The third kappa shape index (κ3) is 3.99. The number of fused-ring (bicyclic) bond motifs is 1. The third-order valence-corrected chi connectivity index (χ3v) is 4.66. The van der Waals surface area contributed by atoms with Crippen LogP contribution in [0.4, 0.5) is 0 Å². The first kappa shape index (κ1) is 17.0. The molecule has 132 valence electrons. The van der Waals surface area contributed by atoms with E-state index in [2.05, 4.69) is 5.32 Å². The van der Waals surface area contributed by atoms with E-state index < -0.39 is 0 Å². The second kappa shape index (κ2) is 7.85. The normalized spacial score (nSPS) is 26.3. The Morgan fingerprint density at radius 3 is 2.62 bits per heavy atom. The van der Waals surface area contributed by atoms with E-state index in [0.29, 0.717) is 31.1 Å². The summed E-state index contributed by atoms with van der Waals surface area (Å²) in [6, 6.07) is 5.70. The van der Waals surface area contributed by atoms with Crippen LogP contribution in [0, 0.1) is 0 Å². The molecule has 6 heteroatoms. The van der Waals surface area contributed by atoms with Crippen molar-refractivity contribution >= 4 is 5.91 Å². The number of benzene rings is 1. The summed E-state index contributed by atoms with van der Waals surface area (Å²) in [6.07, 6.45) is 3.32. The average molecular weight is 335 g/mol. The van der Waals surface area contributed by atoms with Gasteiger partial charge in [0.05, 0.1) is 46.1 Å². The summed E-state index contributed by atoms with van der Waals surface area (Å²) in [4.78, 5) is 12.3. The highest BCUT2D eigenvalue weighted by Gasteiger charge is 2.34. The van der Waals surface area contributed by atoms with Gasteiger partial charge >= 0.3 is 0 Å². The van der Waals surface area contributed by atoms with Gasteiger partial charge in [-0.3, -0.25) is 4.79 Å². The van der Waals surface area contributed by atoms with Crippen LogP contribution in [-0.2, 0) is 20.7 Å². The molecule has 1 amide bonds. The Morgan fingerprint density at radius 2 is 1.88 bits per heavy atom. The van der Waals surface area contributed by atoms with Gasteiger partial charge in [0, 0.05) is 6.04 Å². The molecule has 1 N–H and O–H groups in total. The second-order valence-corrected chi connectivity index (χ2v) is 6.26. The van der Waals surface area contributed by atoms with E-state index in [1.165, 1.54) is 0 Å². The SMILES string of the molecule is COc1ccc(CC(=O)NC2CCC3OCCOC3C2)cc1OC. The van der Waals surface area contributed by atoms with Crippen LogP contribution < -0.4 is 14.8 Å². The fraction of sp³-hybridized carbons (Fsp3) is 0.611. The summed E-state index contributed by atoms with van der Waals surface area (Å²) in [5, 5.41) is 3.12. The predicted octanol–water partition coefficient (Wildman–Crippen LogP) is 1.70. The fourth-order valence-electron chi connectivity index (χ4n) is 3.45. The molecule has 1 saturated heterocycles. The van der Waals surface area contributed by atoms with Crippen LogP contribution in [0.3, 0.4) is 0 Å². The van der Waals surface area contributed by atoms with Gasteiger partial charge in [-0.25, -0.2) is 0 Å². The van der Waals surface area contributed by atoms with Gasteiger partial charge in [-0.2, -0.15) is 0 Å². The zero-order valence-electron chi connectivity index (χ0n) is 14.2. The van der Waals surface area contributed by atoms with Gasteiger partial charge in [-0.15, -0.1) is 0 Å². The molecule has 1 heterocycles. The third-order valence-electron chi connectivity index (χ3n) is 4.66. The molecular formula is C18H25NO5. The van der Waals surface area contributed by atoms with Crippen molar-refractivity contribution < 1.29 is 23.7 Å². The van der Waals surface area contributed by atoms with Crippen molar-refractivity contribution in [3.8, 4) is 11.5 Å². The molecule has 0 aromatic heterocycles. The first-order chi connectivity index (χ1) is 11.7. The van der Waals surface area contributed by atoms with E-state index in [9.17, 15) is 4.79 Å². The number of methoxy groups -OCH3 is 2. The van der Waals surface area contributed by atoms with Crippen molar-refractivity contribution in [3.05, 3.63) is 23.8 Å². The van der Waals surface area contributed by atoms with E-state index in [1.54, 1.807) is 14.2 Å². The number of carbonyl (C=O) groups is 1. The van der Waals surface area contributed by atoms with Crippen molar-refractivity contribution in [2.24, 2.45) is 0 Å². The lowest BCUT2D eigenvalue weighted by molar-refractivity contribution is -0.158. The lowest BCUT2D eigenvalue weighted by atomic mass is 9.89. The standard InChI is InChI=1S/C18H25NO5/c1-21-14-5-3-12(9-16(14)22-2)10-18(20)19-13-4-6-15-17(11-13)24-8-7-23-15/h3,5,9,13,15,17H,4,6-8,10-11H2,1-2H3,(H,19,20). The first-order valence-electron chi connectivity index (χ1n) is 8.43. The number of hydrogen-bond acceptors (Lipinski definition) is 5. The molecule has 2 aliphatic rings. The summed E-state index contributed by atoms with van der Waals surface area (Å²) in [5.41, 5.74) is 0.899. The Bertz CT molecular complexity index is 577. The van der Waals surface area contributed by atoms with Crippen LogP contribution in [0.15, 0.2) is 18.2 Å². The lowest BCUT2D eigenvalue weighted by Gasteiger charge is -2.39. The first-order valence-corrected chi connectivity index (χ1v) is 8.43. The maximum absolute atomic E-state index is 12.3. The molecule has 1 saturated carbocycles. The van der Waals surface area contributed by atoms with Crippen LogP contribution in [0.5, 0.6) is 11.5 Å². The van der Waals surface area contributed by atoms with Crippen molar-refractivity contribution in [3.63, 3.8) is 0 Å². The van der Waals surface area contributed by atoms with Crippen molar-refractivity contribution in [1.29, 1.82) is 0 Å². The number of carbonyl (C=O) groups excluding carboxylic acids is 1. The van der Waals surface area contributed by atoms with Crippen LogP contribution >= 0.6 is 0 Å². The summed E-state index contributed by atoms with van der Waals surface area (Å²) in [5.74, 6) is 1.31. The van der Waals surface area contributed by atoms with Crippen molar-refractivity contribution in [2.75, 3.05) is 27.4 Å². The quantitative estimate of drug-likeness (QED) is 0.887. The number of ether oxygens (including phenoxy) is 4. The maximum atomic E-state index is 12.3. The molecule has 1 aliphatic carbocycles. The molecule has 0 radical (unpaired) electrons. The van der Waals surface area contributed by atoms with Gasteiger partial charge in [-0.1, -0.05) is 6.07 Å². The molecule has 1 aliphatic heterocycles. The zero-order chi connectivity index (χ0) is 16.9. The molecule has 6 nitrogen and oxygen atoms in total. The molecule has 24 heavy (non-hydrogen) atoms. The smallest absolute Gasteiger partial charge is 0.224 e. The Hall–Kier alpha value is -1.79. The molecular weight excluding hydrogens is 310 g/mol. The van der Waals surface area contributed by atoms with Crippen LogP contribution in [0.25, 0.3) is 0 Å². The molecule has 1 aromatic carbocycles. The molecule has 0 spiro atoms. The number of hydrogen-bond donors (Lipinski definition) is 1. The summed E-state index contributed by atoms with van der Waals surface area (Å²) in [6.45, 7) is 1.32. The topological polar surface area (TPSA) is 66.0 Å². The summed E-state index contributed by atoms with van der Waals surface area (Å²) < 4.78 is 22.0. The van der Waals surface area contributed by atoms with Crippen LogP contribution in [-0.4, -0.2) is 51.6 Å². The van der Waals surface area contributed by atoms with E-state index >= 15 is 0 Å². The fourth-order valence-corrected chi connectivity index (χ4v) is 3.45. The van der Waals surface area contributed by atoms with Gasteiger partial charge in [0.1, 0.15) is 0 Å². The second-order valence-electron chi connectivity index (χ2n) is 6.26. The Morgan fingerprint density at radius 1 is 1.12 bits per heavy atom. The number of nitrogens with one attached hydrogen (secondary N) is 1. The van der Waals surface area contributed by atoms with E-state index in [-0.39, 0.29) is 24.2 Å². The van der Waals surface area contributed by atoms with Gasteiger partial charge in [0.2, 0.25) is 5.91 Å². The zero-order valence-corrected chi connectivity index (χ0v) is 14.2. The maximum Gasteiger partial charge on any atom is 0.224 e. The minimum Gasteiger partial charge on any atom is -0.493 e. The molecule has 3 atom stereocenters. The number of rotatable bonds is 5. The van der Waals surface area contributed by atoms with Gasteiger partial charge in [-0.05, 0) is 37.0 Å². The Kier molecular flexibility index (Phi) is 5.58. The van der Waals surface area contributed by atoms with E-state index in [0.717, 1.165) is 24.8 Å².